The Balaban J connectivity index is 2.10. The molecule has 3 atom stereocenters. The van der Waals surface area contributed by atoms with Gasteiger partial charge in [0.05, 0.1) is 12.6 Å². The molecule has 1 saturated carbocycles. The van der Waals surface area contributed by atoms with E-state index in [1.54, 1.807) is 0 Å². The number of amides is 1. The molecule has 1 aliphatic carbocycles. The summed E-state index contributed by atoms with van der Waals surface area (Å²) in [7, 11) is 0. The number of fused-ring (bicyclic) bond motifs is 1. The average Bonchev–Trinajstić information content (AvgIpc) is 2.44. The van der Waals surface area contributed by atoms with Gasteiger partial charge in [-0.05, 0) is 18.8 Å². The molecule has 2 N–H and O–H groups in total. The molecule has 1 saturated heterocycles. The Hall–Kier alpha value is -0.570. The van der Waals surface area contributed by atoms with Crippen LogP contribution in [0.15, 0.2) is 0 Å². The van der Waals surface area contributed by atoms with Crippen LogP contribution in [-0.4, -0.2) is 23.7 Å². The molecular weight excluding hydrogens is 154 g/mol. The van der Waals surface area contributed by atoms with Crippen LogP contribution in [0.3, 0.4) is 0 Å². The Morgan fingerprint density at radius 2 is 2.17 bits per heavy atom. The topological polar surface area (TPSA) is 49.3 Å². The average molecular weight is 169 g/mol. The summed E-state index contributed by atoms with van der Waals surface area (Å²) in [6, 6.07) is 0.0443. The van der Waals surface area contributed by atoms with Gasteiger partial charge in [0.1, 0.15) is 0 Å². The van der Waals surface area contributed by atoms with Gasteiger partial charge in [0.15, 0.2) is 0 Å². The van der Waals surface area contributed by atoms with Gasteiger partial charge in [-0.3, -0.25) is 4.79 Å². The van der Waals surface area contributed by atoms with Gasteiger partial charge < -0.3 is 10.4 Å². The number of hydrogen-bond acceptors (Lipinski definition) is 2. The zero-order valence-corrected chi connectivity index (χ0v) is 7.12. The third-order valence-corrected chi connectivity index (χ3v) is 3.20. The fourth-order valence-electron chi connectivity index (χ4n) is 2.54. The quantitative estimate of drug-likeness (QED) is 0.592. The molecule has 3 nitrogen and oxygen atoms in total. The molecule has 0 aromatic rings. The Labute approximate surface area is 72.2 Å². The van der Waals surface area contributed by atoms with E-state index in [0.717, 1.165) is 12.8 Å². The van der Waals surface area contributed by atoms with Crippen LogP contribution in [0.1, 0.15) is 25.7 Å². The first-order valence-corrected chi connectivity index (χ1v) is 4.74. The van der Waals surface area contributed by atoms with Crippen LogP contribution in [0.2, 0.25) is 0 Å². The molecule has 2 aliphatic rings. The van der Waals surface area contributed by atoms with E-state index in [9.17, 15) is 4.79 Å². The van der Waals surface area contributed by atoms with E-state index < -0.39 is 0 Å². The van der Waals surface area contributed by atoms with Crippen LogP contribution in [0.25, 0.3) is 0 Å². The van der Waals surface area contributed by atoms with E-state index in [4.69, 9.17) is 5.11 Å². The number of carbonyl (C=O) groups excluding carboxylic acids is 1. The van der Waals surface area contributed by atoms with Crippen molar-refractivity contribution in [3.05, 3.63) is 0 Å². The van der Waals surface area contributed by atoms with Crippen molar-refractivity contribution in [3.63, 3.8) is 0 Å². The van der Waals surface area contributed by atoms with E-state index in [1.165, 1.54) is 12.8 Å². The van der Waals surface area contributed by atoms with Crippen molar-refractivity contribution >= 4 is 5.91 Å². The summed E-state index contributed by atoms with van der Waals surface area (Å²) in [6.45, 7) is 0.104. The van der Waals surface area contributed by atoms with Crippen molar-refractivity contribution < 1.29 is 9.90 Å². The number of nitrogens with one attached hydrogen (secondary N) is 1. The molecule has 0 aromatic heterocycles. The van der Waals surface area contributed by atoms with Crippen molar-refractivity contribution in [3.8, 4) is 0 Å². The molecule has 0 radical (unpaired) electrons. The molecule has 1 aliphatic heterocycles. The minimum atomic E-state index is 0.0443. The molecule has 2 fully saturated rings. The lowest BCUT2D eigenvalue weighted by Gasteiger charge is -2.25. The molecule has 12 heavy (non-hydrogen) atoms. The van der Waals surface area contributed by atoms with E-state index in [0.29, 0.717) is 5.92 Å². The Morgan fingerprint density at radius 3 is 2.92 bits per heavy atom. The number of hydrogen-bond donors (Lipinski definition) is 2. The van der Waals surface area contributed by atoms with Crippen molar-refractivity contribution in [1.82, 2.24) is 5.32 Å². The summed E-state index contributed by atoms with van der Waals surface area (Å²) in [4.78, 5) is 11.4. The Bertz CT molecular complexity index is 193. The van der Waals surface area contributed by atoms with Gasteiger partial charge in [-0.2, -0.15) is 0 Å². The second-order valence-corrected chi connectivity index (χ2v) is 3.85. The summed E-state index contributed by atoms with van der Waals surface area (Å²) < 4.78 is 0. The highest BCUT2D eigenvalue weighted by Crippen LogP contribution is 2.36. The fourth-order valence-corrected chi connectivity index (χ4v) is 2.54. The highest BCUT2D eigenvalue weighted by Gasteiger charge is 2.42. The molecule has 0 unspecified atom stereocenters. The number of rotatable bonds is 1. The first kappa shape index (κ1) is 8.05. The predicted molar refractivity (Wildman–Crippen MR) is 44.5 cm³/mol. The summed E-state index contributed by atoms with van der Waals surface area (Å²) in [5.74, 6) is 0.783. The Kier molecular flexibility index (Phi) is 2.05. The lowest BCUT2D eigenvalue weighted by Crippen LogP contribution is -2.32. The van der Waals surface area contributed by atoms with E-state index >= 15 is 0 Å². The van der Waals surface area contributed by atoms with Crippen LogP contribution in [0, 0.1) is 11.8 Å². The molecule has 1 amide bonds. The van der Waals surface area contributed by atoms with Gasteiger partial charge in [-0.15, -0.1) is 0 Å². The molecule has 3 heteroatoms. The second-order valence-electron chi connectivity index (χ2n) is 3.85. The third kappa shape index (κ3) is 1.12. The largest absolute Gasteiger partial charge is 0.394 e. The lowest BCUT2D eigenvalue weighted by molar-refractivity contribution is -0.123. The van der Waals surface area contributed by atoms with E-state index in [2.05, 4.69) is 5.32 Å². The molecule has 0 spiro atoms. The van der Waals surface area contributed by atoms with Crippen LogP contribution in [-0.2, 0) is 4.79 Å². The van der Waals surface area contributed by atoms with Crippen LogP contribution >= 0.6 is 0 Å². The molecule has 0 aromatic carbocycles. The standard InChI is InChI=1S/C9H15NO2/c11-5-8-6-3-1-2-4-7(6)9(12)10-8/h6-8,11H,1-5H2,(H,10,12)/t6-,7+,8+/m0/s1. The van der Waals surface area contributed by atoms with E-state index in [1.807, 2.05) is 0 Å². The summed E-state index contributed by atoms with van der Waals surface area (Å²) in [5.41, 5.74) is 0. The molecule has 2 rings (SSSR count). The van der Waals surface area contributed by atoms with Crippen molar-refractivity contribution in [1.29, 1.82) is 0 Å². The van der Waals surface area contributed by atoms with E-state index in [-0.39, 0.29) is 24.5 Å². The maximum atomic E-state index is 11.4. The SMILES string of the molecule is O=C1N[C@H](CO)[C@H]2CCCC[C@@H]12. The first-order valence-electron chi connectivity index (χ1n) is 4.74. The summed E-state index contributed by atoms with van der Waals surface area (Å²) in [5, 5.41) is 11.9. The third-order valence-electron chi connectivity index (χ3n) is 3.20. The summed E-state index contributed by atoms with van der Waals surface area (Å²) >= 11 is 0. The Morgan fingerprint density at radius 1 is 1.42 bits per heavy atom. The van der Waals surface area contributed by atoms with Gasteiger partial charge in [0.2, 0.25) is 5.91 Å². The van der Waals surface area contributed by atoms with Crippen LogP contribution in [0.5, 0.6) is 0 Å². The number of aliphatic hydroxyl groups excluding tert-OH is 1. The van der Waals surface area contributed by atoms with Crippen LogP contribution < -0.4 is 5.32 Å². The number of aliphatic hydroxyl groups is 1. The van der Waals surface area contributed by atoms with Gasteiger partial charge in [-0.25, -0.2) is 0 Å². The van der Waals surface area contributed by atoms with Gasteiger partial charge in [0.25, 0.3) is 0 Å². The zero-order chi connectivity index (χ0) is 8.55. The van der Waals surface area contributed by atoms with Crippen molar-refractivity contribution in [2.45, 2.75) is 31.7 Å². The maximum absolute atomic E-state index is 11.4. The monoisotopic (exact) mass is 169 g/mol. The van der Waals surface area contributed by atoms with Crippen molar-refractivity contribution in [2.75, 3.05) is 6.61 Å². The highest BCUT2D eigenvalue weighted by atomic mass is 16.3. The first-order chi connectivity index (χ1) is 5.83. The molecule has 1 heterocycles. The van der Waals surface area contributed by atoms with Crippen molar-refractivity contribution in [2.24, 2.45) is 11.8 Å². The number of carbonyl (C=O) groups is 1. The maximum Gasteiger partial charge on any atom is 0.223 e. The molecule has 68 valence electrons. The minimum Gasteiger partial charge on any atom is -0.394 e. The van der Waals surface area contributed by atoms with Crippen LogP contribution in [0.4, 0.5) is 0 Å². The lowest BCUT2D eigenvalue weighted by atomic mass is 9.78. The molecular formula is C9H15NO2. The second kappa shape index (κ2) is 3.05. The van der Waals surface area contributed by atoms with Gasteiger partial charge in [-0.1, -0.05) is 12.8 Å². The summed E-state index contributed by atoms with van der Waals surface area (Å²) in [6.07, 6.45) is 4.51. The smallest absolute Gasteiger partial charge is 0.223 e. The highest BCUT2D eigenvalue weighted by molar-refractivity contribution is 5.82. The fraction of sp³-hybridized carbons (Fsp3) is 0.889. The zero-order valence-electron chi connectivity index (χ0n) is 7.12. The minimum absolute atomic E-state index is 0.0443. The van der Waals surface area contributed by atoms with Gasteiger partial charge >= 0.3 is 0 Å². The normalized spacial score (nSPS) is 40.8. The van der Waals surface area contributed by atoms with Gasteiger partial charge in [0, 0.05) is 5.92 Å². The predicted octanol–water partition coefficient (Wildman–Crippen LogP) is 0.283. The molecule has 0 bridgehead atoms.